The van der Waals surface area contributed by atoms with Gasteiger partial charge in [-0.2, -0.15) is 0 Å². The summed E-state index contributed by atoms with van der Waals surface area (Å²) in [6.45, 7) is 4.07. The van der Waals surface area contributed by atoms with Crippen LogP contribution in [0.4, 0.5) is 0 Å². The van der Waals surface area contributed by atoms with Crippen molar-refractivity contribution in [1.82, 2.24) is 0 Å². The van der Waals surface area contributed by atoms with Crippen LogP contribution in [-0.2, 0) is 4.74 Å². The Hall–Kier alpha value is -0.730. The maximum atomic E-state index is 5.32. The Balaban J connectivity index is 2.49. The van der Waals surface area contributed by atoms with Gasteiger partial charge in [-0.1, -0.05) is 6.92 Å². The van der Waals surface area contributed by atoms with E-state index in [2.05, 4.69) is 11.9 Å². The van der Waals surface area contributed by atoms with E-state index in [1.807, 2.05) is 6.92 Å². The second-order valence-electron chi connectivity index (χ2n) is 2.27. The van der Waals surface area contributed by atoms with E-state index in [9.17, 15) is 0 Å². The summed E-state index contributed by atoms with van der Waals surface area (Å²) in [5, 5.41) is 0. The van der Waals surface area contributed by atoms with Gasteiger partial charge in [0.25, 0.3) is 6.02 Å². The zero-order chi connectivity index (χ0) is 6.85. The molecular weight excluding hydrogens is 116 g/mol. The maximum Gasteiger partial charge on any atom is 0.282 e. The number of hydrogen-bond acceptors (Lipinski definition) is 3. The van der Waals surface area contributed by atoms with Crippen molar-refractivity contribution in [3.8, 4) is 0 Å². The normalized spacial score (nSPS) is 33.8. The Labute approximate surface area is 54.9 Å². The van der Waals surface area contributed by atoms with Crippen molar-refractivity contribution >= 4 is 6.02 Å². The van der Waals surface area contributed by atoms with Crippen molar-refractivity contribution in [2.45, 2.75) is 32.4 Å². The van der Waals surface area contributed by atoms with Crippen LogP contribution in [0.25, 0.3) is 0 Å². The smallest absolute Gasteiger partial charge is 0.282 e. The summed E-state index contributed by atoms with van der Waals surface area (Å²) < 4.78 is 5.15. The summed E-state index contributed by atoms with van der Waals surface area (Å²) in [6, 6.07) is 0.587. The number of aliphatic imine (C=N–C) groups is 1. The molecule has 0 aliphatic carbocycles. The molecule has 1 rings (SSSR count). The first-order chi connectivity index (χ1) is 4.24. The van der Waals surface area contributed by atoms with Gasteiger partial charge in [-0.15, -0.1) is 0 Å². The number of ether oxygens (including phenoxy) is 1. The van der Waals surface area contributed by atoms with Crippen molar-refractivity contribution in [2.75, 3.05) is 0 Å². The molecular formula is C6H12N2O. The standard InChI is InChI=1S/C6H12N2O/c1-3-5-4(2)8-6(7)9-5/h4-5H,3H2,1-2H3,(H2,7,8)/t4-,5-/m1/s1. The van der Waals surface area contributed by atoms with Crippen LogP contribution in [0.15, 0.2) is 4.99 Å². The van der Waals surface area contributed by atoms with Gasteiger partial charge in [-0.3, -0.25) is 0 Å². The third-order valence-corrected chi connectivity index (χ3v) is 1.54. The Bertz CT molecular complexity index is 133. The van der Waals surface area contributed by atoms with Gasteiger partial charge in [-0.05, 0) is 13.3 Å². The van der Waals surface area contributed by atoms with Gasteiger partial charge < -0.3 is 10.5 Å². The molecule has 0 bridgehead atoms. The Kier molecular flexibility index (Phi) is 1.60. The maximum absolute atomic E-state index is 5.32. The summed E-state index contributed by atoms with van der Waals surface area (Å²) in [5.41, 5.74) is 5.32. The zero-order valence-electron chi connectivity index (χ0n) is 5.79. The van der Waals surface area contributed by atoms with Crippen molar-refractivity contribution in [3.05, 3.63) is 0 Å². The molecule has 0 unspecified atom stereocenters. The monoisotopic (exact) mass is 128 g/mol. The molecule has 0 fully saturated rings. The van der Waals surface area contributed by atoms with E-state index in [1.165, 1.54) is 0 Å². The summed E-state index contributed by atoms with van der Waals surface area (Å²) in [7, 11) is 0. The molecule has 2 atom stereocenters. The van der Waals surface area contributed by atoms with Crippen molar-refractivity contribution < 1.29 is 4.74 Å². The van der Waals surface area contributed by atoms with Crippen LogP contribution >= 0.6 is 0 Å². The van der Waals surface area contributed by atoms with Crippen LogP contribution in [0.1, 0.15) is 20.3 Å². The lowest BCUT2D eigenvalue weighted by atomic mass is 10.1. The number of hydrogen-bond donors (Lipinski definition) is 1. The fraction of sp³-hybridized carbons (Fsp3) is 0.833. The lowest BCUT2D eigenvalue weighted by molar-refractivity contribution is 0.190. The first kappa shape index (κ1) is 6.39. The highest BCUT2D eigenvalue weighted by atomic mass is 16.5. The van der Waals surface area contributed by atoms with Gasteiger partial charge in [0, 0.05) is 0 Å². The zero-order valence-corrected chi connectivity index (χ0v) is 5.79. The minimum Gasteiger partial charge on any atom is -0.460 e. The van der Waals surface area contributed by atoms with Gasteiger partial charge in [0.15, 0.2) is 0 Å². The van der Waals surface area contributed by atoms with Crippen molar-refractivity contribution in [2.24, 2.45) is 10.7 Å². The first-order valence-corrected chi connectivity index (χ1v) is 3.24. The van der Waals surface area contributed by atoms with E-state index in [4.69, 9.17) is 10.5 Å². The van der Waals surface area contributed by atoms with Crippen molar-refractivity contribution in [3.63, 3.8) is 0 Å². The van der Waals surface area contributed by atoms with Crippen LogP contribution in [0.2, 0.25) is 0 Å². The molecule has 1 heterocycles. The van der Waals surface area contributed by atoms with Crippen LogP contribution < -0.4 is 5.73 Å². The molecule has 0 saturated heterocycles. The average molecular weight is 128 g/mol. The highest BCUT2D eigenvalue weighted by molar-refractivity contribution is 5.73. The second-order valence-corrected chi connectivity index (χ2v) is 2.27. The fourth-order valence-corrected chi connectivity index (χ4v) is 0.992. The molecule has 52 valence electrons. The van der Waals surface area contributed by atoms with Gasteiger partial charge in [0.1, 0.15) is 6.10 Å². The molecule has 0 spiro atoms. The molecule has 0 radical (unpaired) electrons. The summed E-state index contributed by atoms with van der Waals surface area (Å²) in [5.74, 6) is 0. The van der Waals surface area contributed by atoms with Crippen LogP contribution in [0, 0.1) is 0 Å². The third kappa shape index (κ3) is 1.15. The van der Waals surface area contributed by atoms with Gasteiger partial charge >= 0.3 is 0 Å². The third-order valence-electron chi connectivity index (χ3n) is 1.54. The topological polar surface area (TPSA) is 47.6 Å². The average Bonchev–Trinajstić information content (AvgIpc) is 2.10. The van der Waals surface area contributed by atoms with E-state index in [-0.39, 0.29) is 12.1 Å². The van der Waals surface area contributed by atoms with Gasteiger partial charge in [0.05, 0.1) is 6.04 Å². The van der Waals surface area contributed by atoms with Crippen molar-refractivity contribution in [1.29, 1.82) is 0 Å². The molecule has 3 nitrogen and oxygen atoms in total. The summed E-state index contributed by atoms with van der Waals surface area (Å²) >= 11 is 0. The molecule has 2 N–H and O–H groups in total. The Morgan fingerprint density at radius 2 is 2.44 bits per heavy atom. The van der Waals surface area contributed by atoms with Crippen LogP contribution in [-0.4, -0.2) is 18.2 Å². The van der Waals surface area contributed by atoms with E-state index in [1.54, 1.807) is 0 Å². The highest BCUT2D eigenvalue weighted by Crippen LogP contribution is 2.13. The van der Waals surface area contributed by atoms with E-state index < -0.39 is 0 Å². The number of amidine groups is 1. The van der Waals surface area contributed by atoms with E-state index in [0.717, 1.165) is 6.42 Å². The first-order valence-electron chi connectivity index (χ1n) is 3.24. The van der Waals surface area contributed by atoms with Crippen LogP contribution in [0.5, 0.6) is 0 Å². The fourth-order valence-electron chi connectivity index (χ4n) is 0.992. The number of nitrogens with zero attached hydrogens (tertiary/aromatic N) is 1. The number of nitrogens with two attached hydrogens (primary N) is 1. The Morgan fingerprint density at radius 3 is 2.67 bits per heavy atom. The molecule has 1 aliphatic heterocycles. The molecule has 1 aliphatic rings. The predicted molar refractivity (Wildman–Crippen MR) is 36.2 cm³/mol. The van der Waals surface area contributed by atoms with Gasteiger partial charge in [-0.25, -0.2) is 4.99 Å². The van der Waals surface area contributed by atoms with Crippen LogP contribution in [0.3, 0.4) is 0 Å². The minimum atomic E-state index is 0.213. The lowest BCUT2D eigenvalue weighted by Crippen LogP contribution is -2.20. The Morgan fingerprint density at radius 1 is 1.78 bits per heavy atom. The molecule has 9 heavy (non-hydrogen) atoms. The largest absolute Gasteiger partial charge is 0.460 e. The lowest BCUT2D eigenvalue weighted by Gasteiger charge is -2.09. The molecule has 3 heteroatoms. The second kappa shape index (κ2) is 2.25. The van der Waals surface area contributed by atoms with E-state index >= 15 is 0 Å². The predicted octanol–water partition coefficient (Wildman–Crippen LogP) is 0.498. The van der Waals surface area contributed by atoms with Gasteiger partial charge in [0.2, 0.25) is 0 Å². The molecule has 0 aromatic heterocycles. The molecule has 0 amide bonds. The van der Waals surface area contributed by atoms with E-state index in [0.29, 0.717) is 6.02 Å². The number of rotatable bonds is 1. The summed E-state index contributed by atoms with van der Waals surface area (Å²) in [4.78, 5) is 4.01. The molecule has 0 saturated carbocycles. The molecule has 0 aromatic rings. The quantitative estimate of drug-likeness (QED) is 0.559. The highest BCUT2D eigenvalue weighted by Gasteiger charge is 2.23. The minimum absolute atomic E-state index is 0.213. The molecule has 0 aromatic carbocycles. The summed E-state index contributed by atoms with van der Waals surface area (Å²) in [6.07, 6.45) is 1.19. The SMILES string of the molecule is CC[C@H]1OC(N)=N[C@@H]1C.